The van der Waals surface area contributed by atoms with Crippen molar-refractivity contribution in [1.29, 1.82) is 0 Å². The summed E-state index contributed by atoms with van der Waals surface area (Å²) in [6.45, 7) is 11.3. The second-order valence-corrected chi connectivity index (χ2v) is 4.29. The molecule has 4 heteroatoms. The zero-order valence-electron chi connectivity index (χ0n) is 11.1. The van der Waals surface area contributed by atoms with E-state index >= 15 is 0 Å². The Morgan fingerprint density at radius 3 is 2.38 bits per heavy atom. The van der Waals surface area contributed by atoms with Crippen LogP contribution in [0.25, 0.3) is 0 Å². The van der Waals surface area contributed by atoms with Gasteiger partial charge in [0.1, 0.15) is 6.04 Å². The van der Waals surface area contributed by atoms with E-state index in [1.165, 1.54) is 0 Å². The Balaban J connectivity index is 4.17. The van der Waals surface area contributed by atoms with E-state index in [9.17, 15) is 4.79 Å². The van der Waals surface area contributed by atoms with Crippen LogP contribution in [0.1, 0.15) is 41.0 Å². The third-order valence-electron chi connectivity index (χ3n) is 2.51. The predicted molar refractivity (Wildman–Crippen MR) is 64.4 cm³/mol. The van der Waals surface area contributed by atoms with Crippen molar-refractivity contribution >= 4 is 5.97 Å². The molecule has 0 aromatic rings. The SMILES string of the molecule is CCNC(COC(C)(C)CC)C(=O)OCC. The lowest BCUT2D eigenvalue weighted by Gasteiger charge is -2.26. The molecule has 0 radical (unpaired) electrons. The molecule has 0 aliphatic carbocycles. The van der Waals surface area contributed by atoms with Crippen molar-refractivity contribution in [2.75, 3.05) is 19.8 Å². The smallest absolute Gasteiger partial charge is 0.325 e. The molecule has 0 saturated carbocycles. The second-order valence-electron chi connectivity index (χ2n) is 4.29. The Morgan fingerprint density at radius 1 is 1.31 bits per heavy atom. The summed E-state index contributed by atoms with van der Waals surface area (Å²) in [5.41, 5.74) is -0.194. The highest BCUT2D eigenvalue weighted by Gasteiger charge is 2.23. The molecular weight excluding hydrogens is 206 g/mol. The Kier molecular flexibility index (Phi) is 7.34. The number of esters is 1. The highest BCUT2D eigenvalue weighted by molar-refractivity contribution is 5.75. The van der Waals surface area contributed by atoms with Gasteiger partial charge in [-0.2, -0.15) is 0 Å². The van der Waals surface area contributed by atoms with E-state index < -0.39 is 0 Å². The number of hydrogen-bond donors (Lipinski definition) is 1. The fourth-order valence-electron chi connectivity index (χ4n) is 1.11. The summed E-state index contributed by atoms with van der Waals surface area (Å²) in [6.07, 6.45) is 0.911. The molecule has 96 valence electrons. The number of ether oxygens (including phenoxy) is 2. The monoisotopic (exact) mass is 231 g/mol. The summed E-state index contributed by atoms with van der Waals surface area (Å²) in [4.78, 5) is 11.6. The molecule has 0 saturated heterocycles. The molecule has 1 N–H and O–H groups in total. The predicted octanol–water partition coefficient (Wildman–Crippen LogP) is 1.73. The van der Waals surface area contributed by atoms with Crippen LogP contribution >= 0.6 is 0 Å². The molecule has 0 rings (SSSR count). The van der Waals surface area contributed by atoms with E-state index in [1.54, 1.807) is 6.92 Å². The summed E-state index contributed by atoms with van der Waals surface area (Å²) in [5.74, 6) is -0.240. The van der Waals surface area contributed by atoms with Crippen LogP contribution in [0, 0.1) is 0 Å². The molecule has 4 nitrogen and oxygen atoms in total. The molecule has 16 heavy (non-hydrogen) atoms. The number of rotatable bonds is 8. The Bertz CT molecular complexity index is 204. The van der Waals surface area contributed by atoms with Crippen molar-refractivity contribution in [3.8, 4) is 0 Å². The molecule has 0 aliphatic rings. The van der Waals surface area contributed by atoms with Gasteiger partial charge in [0, 0.05) is 0 Å². The Morgan fingerprint density at radius 2 is 1.94 bits per heavy atom. The molecule has 0 heterocycles. The minimum absolute atomic E-state index is 0.194. The highest BCUT2D eigenvalue weighted by atomic mass is 16.5. The molecule has 0 spiro atoms. The Labute approximate surface area is 98.7 Å². The van der Waals surface area contributed by atoms with E-state index in [-0.39, 0.29) is 17.6 Å². The standard InChI is InChI=1S/C12H25NO3/c1-6-12(4,5)16-9-10(13-7-2)11(14)15-8-3/h10,13H,6-9H2,1-5H3. The van der Waals surface area contributed by atoms with Gasteiger partial charge in [-0.3, -0.25) is 4.79 Å². The summed E-state index contributed by atoms with van der Waals surface area (Å²) >= 11 is 0. The van der Waals surface area contributed by atoms with Crippen molar-refractivity contribution in [3.05, 3.63) is 0 Å². The largest absolute Gasteiger partial charge is 0.465 e. The lowest BCUT2D eigenvalue weighted by molar-refractivity contribution is -0.149. The number of carbonyl (C=O) groups excluding carboxylic acids is 1. The fraction of sp³-hybridized carbons (Fsp3) is 0.917. The van der Waals surface area contributed by atoms with Crippen LogP contribution in [0.3, 0.4) is 0 Å². The summed E-state index contributed by atoms with van der Waals surface area (Å²) in [5, 5.41) is 3.06. The second kappa shape index (κ2) is 7.63. The van der Waals surface area contributed by atoms with Gasteiger partial charge in [0.15, 0.2) is 0 Å². The van der Waals surface area contributed by atoms with Crippen LogP contribution in [-0.2, 0) is 14.3 Å². The van der Waals surface area contributed by atoms with Crippen molar-refractivity contribution in [3.63, 3.8) is 0 Å². The molecule has 1 atom stereocenters. The van der Waals surface area contributed by atoms with E-state index in [1.807, 2.05) is 20.8 Å². The zero-order chi connectivity index (χ0) is 12.6. The van der Waals surface area contributed by atoms with Gasteiger partial charge in [-0.15, -0.1) is 0 Å². The minimum Gasteiger partial charge on any atom is -0.465 e. The van der Waals surface area contributed by atoms with Crippen molar-refractivity contribution < 1.29 is 14.3 Å². The van der Waals surface area contributed by atoms with Crippen LogP contribution in [0.5, 0.6) is 0 Å². The van der Waals surface area contributed by atoms with Crippen molar-refractivity contribution in [2.24, 2.45) is 0 Å². The Hall–Kier alpha value is -0.610. The van der Waals surface area contributed by atoms with E-state index in [4.69, 9.17) is 9.47 Å². The van der Waals surface area contributed by atoms with Crippen LogP contribution < -0.4 is 5.32 Å². The maximum absolute atomic E-state index is 11.6. The van der Waals surface area contributed by atoms with Gasteiger partial charge in [-0.1, -0.05) is 13.8 Å². The van der Waals surface area contributed by atoms with Gasteiger partial charge in [0.25, 0.3) is 0 Å². The lowest BCUT2D eigenvalue weighted by atomic mass is 10.1. The van der Waals surface area contributed by atoms with Crippen LogP contribution in [0.4, 0.5) is 0 Å². The maximum atomic E-state index is 11.6. The normalized spacial score (nSPS) is 13.6. The first-order valence-corrected chi connectivity index (χ1v) is 6.00. The molecule has 1 unspecified atom stereocenters. The fourth-order valence-corrected chi connectivity index (χ4v) is 1.11. The number of nitrogens with one attached hydrogen (secondary N) is 1. The van der Waals surface area contributed by atoms with Gasteiger partial charge in [-0.05, 0) is 33.7 Å². The molecular formula is C12H25NO3. The summed E-state index contributed by atoms with van der Waals surface area (Å²) < 4.78 is 10.7. The molecule has 0 aromatic heterocycles. The van der Waals surface area contributed by atoms with Crippen LogP contribution in [0.2, 0.25) is 0 Å². The maximum Gasteiger partial charge on any atom is 0.325 e. The van der Waals surface area contributed by atoms with Crippen molar-refractivity contribution in [2.45, 2.75) is 52.7 Å². The van der Waals surface area contributed by atoms with Gasteiger partial charge in [-0.25, -0.2) is 0 Å². The first-order chi connectivity index (χ1) is 7.46. The average Bonchev–Trinajstić information content (AvgIpc) is 2.24. The third-order valence-corrected chi connectivity index (χ3v) is 2.51. The molecule has 0 fully saturated rings. The first kappa shape index (κ1) is 15.4. The summed E-state index contributed by atoms with van der Waals surface area (Å²) in [7, 11) is 0. The van der Waals surface area contributed by atoms with E-state index in [0.717, 1.165) is 13.0 Å². The highest BCUT2D eigenvalue weighted by Crippen LogP contribution is 2.13. The first-order valence-electron chi connectivity index (χ1n) is 6.00. The van der Waals surface area contributed by atoms with Gasteiger partial charge >= 0.3 is 5.97 Å². The van der Waals surface area contributed by atoms with E-state index in [0.29, 0.717) is 13.2 Å². The average molecular weight is 231 g/mol. The van der Waals surface area contributed by atoms with Gasteiger partial charge in [0.05, 0.1) is 18.8 Å². The van der Waals surface area contributed by atoms with Crippen LogP contribution in [-0.4, -0.2) is 37.4 Å². The molecule has 0 amide bonds. The zero-order valence-corrected chi connectivity index (χ0v) is 11.1. The quantitative estimate of drug-likeness (QED) is 0.646. The van der Waals surface area contributed by atoms with E-state index in [2.05, 4.69) is 12.2 Å². The topological polar surface area (TPSA) is 47.6 Å². The summed E-state index contributed by atoms with van der Waals surface area (Å²) in [6, 6.07) is -0.365. The van der Waals surface area contributed by atoms with Gasteiger partial charge < -0.3 is 14.8 Å². The van der Waals surface area contributed by atoms with Crippen LogP contribution in [0.15, 0.2) is 0 Å². The molecule has 0 aliphatic heterocycles. The number of likely N-dealkylation sites (N-methyl/N-ethyl adjacent to an activating group) is 1. The third kappa shape index (κ3) is 6.08. The number of carbonyl (C=O) groups is 1. The van der Waals surface area contributed by atoms with Gasteiger partial charge in [0.2, 0.25) is 0 Å². The lowest BCUT2D eigenvalue weighted by Crippen LogP contribution is -2.43. The number of hydrogen-bond acceptors (Lipinski definition) is 4. The molecule has 0 bridgehead atoms. The minimum atomic E-state index is -0.365. The molecule has 0 aromatic carbocycles. The van der Waals surface area contributed by atoms with Crippen molar-refractivity contribution in [1.82, 2.24) is 5.32 Å².